The number of nitrogens with zero attached hydrogens (tertiary/aromatic N) is 3. The molecular weight excluding hydrogens is 166 g/mol. The minimum atomic E-state index is 0.0574. The van der Waals surface area contributed by atoms with E-state index < -0.39 is 0 Å². The molecule has 0 aliphatic carbocycles. The Hall–Kier alpha value is -0.900. The van der Waals surface area contributed by atoms with E-state index in [2.05, 4.69) is 23.9 Å². The highest BCUT2D eigenvalue weighted by Crippen LogP contribution is 2.35. The van der Waals surface area contributed by atoms with Crippen LogP contribution in [0.15, 0.2) is 12.7 Å². The standard InChI is InChI=1S/C9H15N3O/c1-8(2)3-9(5-13-9)4-12-7-10-6-11-12/h6-8H,3-5H2,1-2H3. The van der Waals surface area contributed by atoms with Crippen molar-refractivity contribution in [2.24, 2.45) is 5.92 Å². The van der Waals surface area contributed by atoms with E-state index in [0.717, 1.165) is 19.6 Å². The van der Waals surface area contributed by atoms with Crippen LogP contribution < -0.4 is 0 Å². The molecule has 1 atom stereocenters. The van der Waals surface area contributed by atoms with E-state index in [1.807, 2.05) is 4.68 Å². The molecule has 1 aromatic rings. The van der Waals surface area contributed by atoms with Gasteiger partial charge in [0.05, 0.1) is 13.2 Å². The van der Waals surface area contributed by atoms with Crippen LogP contribution in [0, 0.1) is 5.92 Å². The van der Waals surface area contributed by atoms with Crippen LogP contribution in [0.5, 0.6) is 0 Å². The fourth-order valence-electron chi connectivity index (χ4n) is 1.73. The summed E-state index contributed by atoms with van der Waals surface area (Å²) in [4.78, 5) is 3.91. The van der Waals surface area contributed by atoms with Crippen molar-refractivity contribution in [1.29, 1.82) is 0 Å². The van der Waals surface area contributed by atoms with Crippen LogP contribution in [0.25, 0.3) is 0 Å². The highest BCUT2D eigenvalue weighted by molar-refractivity contribution is 4.92. The molecule has 4 heteroatoms. The lowest BCUT2D eigenvalue weighted by atomic mass is 9.98. The first-order chi connectivity index (χ1) is 6.20. The first-order valence-electron chi connectivity index (χ1n) is 4.67. The molecular formula is C9H15N3O. The van der Waals surface area contributed by atoms with Gasteiger partial charge in [-0.1, -0.05) is 13.8 Å². The minimum Gasteiger partial charge on any atom is -0.368 e. The van der Waals surface area contributed by atoms with Gasteiger partial charge in [0.2, 0.25) is 0 Å². The van der Waals surface area contributed by atoms with Crippen LogP contribution in [0.4, 0.5) is 0 Å². The van der Waals surface area contributed by atoms with Crippen LogP contribution in [0.3, 0.4) is 0 Å². The normalized spacial score (nSPS) is 26.7. The van der Waals surface area contributed by atoms with Crippen LogP contribution in [0.1, 0.15) is 20.3 Å². The molecule has 1 aliphatic heterocycles. The molecule has 72 valence electrons. The summed E-state index contributed by atoms with van der Waals surface area (Å²) in [5.41, 5.74) is 0.0574. The molecule has 1 saturated heterocycles. The Morgan fingerprint density at radius 3 is 2.85 bits per heavy atom. The van der Waals surface area contributed by atoms with Crippen molar-refractivity contribution in [3.05, 3.63) is 12.7 Å². The topological polar surface area (TPSA) is 43.2 Å². The molecule has 0 aromatic carbocycles. The molecule has 0 spiro atoms. The largest absolute Gasteiger partial charge is 0.368 e. The van der Waals surface area contributed by atoms with E-state index in [1.165, 1.54) is 0 Å². The number of hydrogen-bond donors (Lipinski definition) is 0. The summed E-state index contributed by atoms with van der Waals surface area (Å²) in [5.74, 6) is 0.672. The molecule has 1 unspecified atom stereocenters. The second-order valence-electron chi connectivity index (χ2n) is 4.16. The second-order valence-corrected chi connectivity index (χ2v) is 4.16. The number of ether oxygens (including phenoxy) is 1. The maximum absolute atomic E-state index is 5.49. The summed E-state index contributed by atoms with van der Waals surface area (Å²) in [7, 11) is 0. The minimum absolute atomic E-state index is 0.0574. The van der Waals surface area contributed by atoms with Crippen molar-refractivity contribution in [3.63, 3.8) is 0 Å². The van der Waals surface area contributed by atoms with Crippen molar-refractivity contribution in [2.75, 3.05) is 6.61 Å². The number of hydrogen-bond acceptors (Lipinski definition) is 3. The van der Waals surface area contributed by atoms with Gasteiger partial charge in [0, 0.05) is 0 Å². The highest BCUT2D eigenvalue weighted by Gasteiger charge is 2.45. The molecule has 13 heavy (non-hydrogen) atoms. The summed E-state index contributed by atoms with van der Waals surface area (Å²) in [6.07, 6.45) is 4.40. The Kier molecular flexibility index (Phi) is 2.07. The molecule has 0 bridgehead atoms. The SMILES string of the molecule is CC(C)CC1(Cn2cncn2)CO1. The van der Waals surface area contributed by atoms with Gasteiger partial charge in [-0.05, 0) is 12.3 Å². The first-order valence-corrected chi connectivity index (χ1v) is 4.67. The molecule has 1 fully saturated rings. The third-order valence-corrected chi connectivity index (χ3v) is 2.25. The average molecular weight is 181 g/mol. The van der Waals surface area contributed by atoms with Crippen LogP contribution in [0.2, 0.25) is 0 Å². The van der Waals surface area contributed by atoms with Gasteiger partial charge in [-0.15, -0.1) is 0 Å². The molecule has 4 nitrogen and oxygen atoms in total. The summed E-state index contributed by atoms with van der Waals surface area (Å²) < 4.78 is 7.33. The lowest BCUT2D eigenvalue weighted by molar-refractivity contribution is 0.230. The Labute approximate surface area is 77.9 Å². The third-order valence-electron chi connectivity index (χ3n) is 2.25. The predicted octanol–water partition coefficient (Wildman–Crippen LogP) is 1.09. The Morgan fingerprint density at radius 2 is 2.38 bits per heavy atom. The van der Waals surface area contributed by atoms with Crippen LogP contribution >= 0.6 is 0 Å². The highest BCUT2D eigenvalue weighted by atomic mass is 16.6. The molecule has 0 amide bonds. The van der Waals surface area contributed by atoms with E-state index in [1.54, 1.807) is 12.7 Å². The summed E-state index contributed by atoms with van der Waals surface area (Å²) in [5, 5.41) is 4.07. The summed E-state index contributed by atoms with van der Waals surface area (Å²) >= 11 is 0. The average Bonchev–Trinajstić information content (AvgIpc) is 2.61. The van der Waals surface area contributed by atoms with E-state index in [9.17, 15) is 0 Å². The molecule has 0 radical (unpaired) electrons. The molecule has 0 saturated carbocycles. The van der Waals surface area contributed by atoms with Gasteiger partial charge in [-0.25, -0.2) is 9.67 Å². The fraction of sp³-hybridized carbons (Fsp3) is 0.778. The molecule has 2 heterocycles. The maximum atomic E-state index is 5.49. The van der Waals surface area contributed by atoms with Crippen LogP contribution in [-0.2, 0) is 11.3 Å². The van der Waals surface area contributed by atoms with Crippen molar-refractivity contribution < 1.29 is 4.74 Å². The van der Waals surface area contributed by atoms with E-state index in [4.69, 9.17) is 4.74 Å². The molecule has 1 aromatic heterocycles. The second kappa shape index (κ2) is 3.10. The van der Waals surface area contributed by atoms with Crippen molar-refractivity contribution in [2.45, 2.75) is 32.4 Å². The van der Waals surface area contributed by atoms with Crippen molar-refractivity contribution >= 4 is 0 Å². The first kappa shape index (κ1) is 8.69. The van der Waals surface area contributed by atoms with E-state index >= 15 is 0 Å². The quantitative estimate of drug-likeness (QED) is 0.653. The van der Waals surface area contributed by atoms with Crippen LogP contribution in [-0.4, -0.2) is 27.0 Å². The molecule has 1 aliphatic rings. The zero-order chi connectivity index (χ0) is 9.31. The Morgan fingerprint density at radius 1 is 1.62 bits per heavy atom. The van der Waals surface area contributed by atoms with E-state index in [0.29, 0.717) is 5.92 Å². The summed E-state index contributed by atoms with van der Waals surface area (Å²) in [6.45, 7) is 6.13. The van der Waals surface area contributed by atoms with Gasteiger partial charge in [-0.2, -0.15) is 5.10 Å². The lowest BCUT2D eigenvalue weighted by Gasteiger charge is -2.13. The zero-order valence-corrected chi connectivity index (χ0v) is 8.10. The summed E-state index contributed by atoms with van der Waals surface area (Å²) in [6, 6.07) is 0. The fourth-order valence-corrected chi connectivity index (χ4v) is 1.73. The number of epoxide rings is 1. The monoisotopic (exact) mass is 181 g/mol. The molecule has 2 rings (SSSR count). The number of aromatic nitrogens is 3. The lowest BCUT2D eigenvalue weighted by Crippen LogP contribution is -2.22. The van der Waals surface area contributed by atoms with Gasteiger partial charge < -0.3 is 4.74 Å². The van der Waals surface area contributed by atoms with E-state index in [-0.39, 0.29) is 5.60 Å². The third kappa shape index (κ3) is 2.06. The predicted molar refractivity (Wildman–Crippen MR) is 48.2 cm³/mol. The molecule has 0 N–H and O–H groups in total. The maximum Gasteiger partial charge on any atom is 0.137 e. The van der Waals surface area contributed by atoms with Gasteiger partial charge in [0.1, 0.15) is 18.3 Å². The van der Waals surface area contributed by atoms with Gasteiger partial charge in [-0.3, -0.25) is 0 Å². The van der Waals surface area contributed by atoms with Crippen molar-refractivity contribution in [3.8, 4) is 0 Å². The van der Waals surface area contributed by atoms with Crippen molar-refractivity contribution in [1.82, 2.24) is 14.8 Å². The smallest absolute Gasteiger partial charge is 0.137 e. The Bertz CT molecular complexity index is 264. The van der Waals surface area contributed by atoms with Gasteiger partial charge >= 0.3 is 0 Å². The Balaban J connectivity index is 1.94. The zero-order valence-electron chi connectivity index (χ0n) is 8.10. The van der Waals surface area contributed by atoms with Gasteiger partial charge in [0.25, 0.3) is 0 Å². The number of rotatable bonds is 4. The van der Waals surface area contributed by atoms with Gasteiger partial charge in [0.15, 0.2) is 0 Å².